The minimum atomic E-state index is -0.415. The molecule has 0 aliphatic rings. The van der Waals surface area contributed by atoms with Gasteiger partial charge in [0.25, 0.3) is 0 Å². The molecular formula is C12H22N6O2. The lowest BCUT2D eigenvalue weighted by Gasteiger charge is -2.22. The Hall–Kier alpha value is -1.96. The number of carbonyl (C=O) groups excluding carboxylic acids is 2. The van der Waals surface area contributed by atoms with E-state index in [1.165, 1.54) is 4.68 Å². The molecule has 0 bridgehead atoms. The Labute approximate surface area is 118 Å². The molecular weight excluding hydrogens is 260 g/mol. The van der Waals surface area contributed by atoms with Crippen molar-refractivity contribution in [1.29, 1.82) is 0 Å². The lowest BCUT2D eigenvalue weighted by molar-refractivity contribution is -0.134. The zero-order valence-electron chi connectivity index (χ0n) is 12.2. The number of hydrogen-bond donors (Lipinski definition) is 2. The van der Waals surface area contributed by atoms with E-state index in [2.05, 4.69) is 15.6 Å². The van der Waals surface area contributed by atoms with Crippen molar-refractivity contribution in [3.05, 3.63) is 11.9 Å². The van der Waals surface area contributed by atoms with Crippen LogP contribution in [0.5, 0.6) is 0 Å². The summed E-state index contributed by atoms with van der Waals surface area (Å²) in [6.07, 6.45) is 1.66. The third-order valence-electron chi connectivity index (χ3n) is 3.04. The highest BCUT2D eigenvalue weighted by molar-refractivity contribution is 5.80. The van der Waals surface area contributed by atoms with Crippen LogP contribution in [0.2, 0.25) is 0 Å². The zero-order chi connectivity index (χ0) is 15.1. The predicted molar refractivity (Wildman–Crippen MR) is 73.6 cm³/mol. The number of amides is 2. The molecule has 1 heterocycles. The summed E-state index contributed by atoms with van der Waals surface area (Å²) in [5.41, 5.74) is 5.78. The molecule has 3 N–H and O–H groups in total. The first-order valence-corrected chi connectivity index (χ1v) is 6.69. The number of hydrogen-bond acceptors (Lipinski definition) is 5. The number of rotatable bonds is 7. The largest absolute Gasteiger partial charge is 0.349 e. The van der Waals surface area contributed by atoms with E-state index in [1.807, 2.05) is 13.8 Å². The molecule has 20 heavy (non-hydrogen) atoms. The topological polar surface area (TPSA) is 106 Å². The third-order valence-corrected chi connectivity index (χ3v) is 3.04. The number of likely N-dealkylation sites (N-methyl/N-ethyl adjacent to an activating group) is 1. The highest BCUT2D eigenvalue weighted by Crippen LogP contribution is 2.09. The Morgan fingerprint density at radius 3 is 2.65 bits per heavy atom. The Bertz CT molecular complexity index is 455. The van der Waals surface area contributed by atoms with Gasteiger partial charge in [0, 0.05) is 13.1 Å². The Morgan fingerprint density at radius 2 is 2.10 bits per heavy atom. The first-order chi connectivity index (χ1) is 9.53. The molecule has 1 unspecified atom stereocenters. The van der Waals surface area contributed by atoms with Crippen LogP contribution >= 0.6 is 0 Å². The molecule has 0 radical (unpaired) electrons. The van der Waals surface area contributed by atoms with Crippen molar-refractivity contribution >= 4 is 11.8 Å². The van der Waals surface area contributed by atoms with Crippen LogP contribution in [-0.2, 0) is 16.1 Å². The predicted octanol–water partition coefficient (Wildman–Crippen LogP) is -0.718. The smallest absolute Gasteiger partial charge is 0.247 e. The molecule has 8 heteroatoms. The molecule has 2 amide bonds. The summed E-state index contributed by atoms with van der Waals surface area (Å²) in [4.78, 5) is 25.0. The lowest BCUT2D eigenvalue weighted by Crippen LogP contribution is -2.36. The molecule has 0 saturated carbocycles. The first-order valence-electron chi connectivity index (χ1n) is 6.69. The highest BCUT2D eigenvalue weighted by Gasteiger charge is 2.21. The molecule has 0 fully saturated rings. The number of carbonyl (C=O) groups is 2. The second-order valence-corrected chi connectivity index (χ2v) is 4.36. The van der Waals surface area contributed by atoms with E-state index in [-0.39, 0.29) is 24.9 Å². The fraction of sp³-hybridized carbons (Fsp3) is 0.667. The van der Waals surface area contributed by atoms with E-state index >= 15 is 0 Å². The minimum Gasteiger partial charge on any atom is -0.349 e. The average Bonchev–Trinajstić information content (AvgIpc) is 2.93. The van der Waals surface area contributed by atoms with Gasteiger partial charge in [-0.3, -0.25) is 9.59 Å². The molecule has 1 atom stereocenters. The van der Waals surface area contributed by atoms with Crippen molar-refractivity contribution < 1.29 is 9.59 Å². The Balaban J connectivity index is 2.66. The highest BCUT2D eigenvalue weighted by atomic mass is 16.2. The molecule has 112 valence electrons. The first kappa shape index (κ1) is 16.1. The second-order valence-electron chi connectivity index (χ2n) is 4.36. The van der Waals surface area contributed by atoms with E-state index in [0.717, 1.165) is 0 Å². The van der Waals surface area contributed by atoms with Crippen molar-refractivity contribution in [2.75, 3.05) is 19.6 Å². The standard InChI is InChI=1S/C12H22N6O2/c1-4-17(5-2)12(20)9(3)18-8-10(15-16-18)7-14-11(19)6-13/h8-9H,4-7,13H2,1-3H3,(H,14,19). The van der Waals surface area contributed by atoms with Gasteiger partial charge in [-0.05, 0) is 20.8 Å². The van der Waals surface area contributed by atoms with Crippen molar-refractivity contribution in [2.45, 2.75) is 33.4 Å². The van der Waals surface area contributed by atoms with Crippen molar-refractivity contribution in [1.82, 2.24) is 25.2 Å². The van der Waals surface area contributed by atoms with Gasteiger partial charge >= 0.3 is 0 Å². The molecule has 0 spiro atoms. The molecule has 1 aromatic heterocycles. The van der Waals surface area contributed by atoms with Crippen LogP contribution < -0.4 is 11.1 Å². The van der Waals surface area contributed by atoms with Gasteiger partial charge in [-0.1, -0.05) is 5.21 Å². The molecule has 1 rings (SSSR count). The Kier molecular flexibility index (Phi) is 6.10. The molecule has 0 aromatic carbocycles. The lowest BCUT2D eigenvalue weighted by atomic mass is 10.3. The summed E-state index contributed by atoms with van der Waals surface area (Å²) in [6, 6.07) is -0.415. The number of aromatic nitrogens is 3. The monoisotopic (exact) mass is 282 g/mol. The maximum atomic E-state index is 12.2. The van der Waals surface area contributed by atoms with Gasteiger partial charge in [0.1, 0.15) is 11.7 Å². The fourth-order valence-electron chi connectivity index (χ4n) is 1.76. The average molecular weight is 282 g/mol. The summed E-state index contributed by atoms with van der Waals surface area (Å²) < 4.78 is 1.50. The number of nitrogens with one attached hydrogen (secondary N) is 1. The van der Waals surface area contributed by atoms with Crippen molar-refractivity contribution in [2.24, 2.45) is 5.73 Å². The van der Waals surface area contributed by atoms with Gasteiger partial charge in [0.2, 0.25) is 11.8 Å². The number of nitrogens with zero attached hydrogens (tertiary/aromatic N) is 4. The van der Waals surface area contributed by atoms with Gasteiger partial charge in [0.05, 0.1) is 19.3 Å². The second kappa shape index (κ2) is 7.59. The fourth-order valence-corrected chi connectivity index (χ4v) is 1.76. The normalized spacial score (nSPS) is 12.0. The van der Waals surface area contributed by atoms with E-state index < -0.39 is 6.04 Å². The van der Waals surface area contributed by atoms with Crippen LogP contribution in [0.3, 0.4) is 0 Å². The molecule has 0 saturated heterocycles. The number of nitrogens with two attached hydrogens (primary N) is 1. The van der Waals surface area contributed by atoms with Crippen molar-refractivity contribution in [3.63, 3.8) is 0 Å². The van der Waals surface area contributed by atoms with E-state index in [0.29, 0.717) is 18.8 Å². The maximum absolute atomic E-state index is 12.2. The van der Waals surface area contributed by atoms with Crippen LogP contribution in [0.15, 0.2) is 6.20 Å². The summed E-state index contributed by atoms with van der Waals surface area (Å²) in [7, 11) is 0. The third kappa shape index (κ3) is 4.02. The summed E-state index contributed by atoms with van der Waals surface area (Å²) >= 11 is 0. The maximum Gasteiger partial charge on any atom is 0.247 e. The van der Waals surface area contributed by atoms with Gasteiger partial charge in [0.15, 0.2) is 0 Å². The minimum absolute atomic E-state index is 0.00237. The van der Waals surface area contributed by atoms with Crippen LogP contribution in [0.4, 0.5) is 0 Å². The van der Waals surface area contributed by atoms with Gasteiger partial charge in [-0.15, -0.1) is 5.10 Å². The van der Waals surface area contributed by atoms with Gasteiger partial charge in [-0.25, -0.2) is 4.68 Å². The summed E-state index contributed by atoms with van der Waals surface area (Å²) in [6.45, 7) is 7.15. The summed E-state index contributed by atoms with van der Waals surface area (Å²) in [5, 5.41) is 10.5. The van der Waals surface area contributed by atoms with Crippen LogP contribution in [0.25, 0.3) is 0 Å². The zero-order valence-corrected chi connectivity index (χ0v) is 12.2. The summed E-state index contributed by atoms with van der Waals surface area (Å²) in [5.74, 6) is -0.260. The van der Waals surface area contributed by atoms with Gasteiger partial charge in [-0.2, -0.15) is 0 Å². The van der Waals surface area contributed by atoms with Gasteiger partial charge < -0.3 is 16.0 Å². The molecule has 8 nitrogen and oxygen atoms in total. The van der Waals surface area contributed by atoms with E-state index in [9.17, 15) is 9.59 Å². The Morgan fingerprint density at radius 1 is 1.45 bits per heavy atom. The molecule has 0 aliphatic heterocycles. The van der Waals surface area contributed by atoms with Crippen LogP contribution in [-0.4, -0.2) is 51.3 Å². The SMILES string of the molecule is CCN(CC)C(=O)C(C)n1cc(CNC(=O)CN)nn1. The van der Waals surface area contributed by atoms with E-state index in [4.69, 9.17) is 5.73 Å². The molecule has 0 aliphatic carbocycles. The quantitative estimate of drug-likeness (QED) is 0.686. The van der Waals surface area contributed by atoms with Crippen LogP contribution in [0, 0.1) is 0 Å². The van der Waals surface area contributed by atoms with Crippen molar-refractivity contribution in [3.8, 4) is 0 Å². The van der Waals surface area contributed by atoms with Crippen LogP contribution in [0.1, 0.15) is 32.5 Å². The molecule has 1 aromatic rings. The van der Waals surface area contributed by atoms with E-state index in [1.54, 1.807) is 18.0 Å².